The summed E-state index contributed by atoms with van der Waals surface area (Å²) in [4.78, 5) is 31.7. The molecule has 1 aromatic carbocycles. The van der Waals surface area contributed by atoms with Crippen molar-refractivity contribution in [2.75, 3.05) is 63.2 Å². The lowest BCUT2D eigenvalue weighted by Gasteiger charge is -2.45. The first-order chi connectivity index (χ1) is 15.3. The number of likely N-dealkylation sites (N-methyl/N-ethyl adjacent to an activating group) is 1. The second-order valence-corrected chi connectivity index (χ2v) is 11.0. The SMILES string of the molecule is CN(C)CCNC(=O)CN1C(=O)[C@H]2CCCCN2c2ccc(S(=O)(=O)N3CCCC3)cc21. The summed E-state index contributed by atoms with van der Waals surface area (Å²) < 4.78 is 27.8. The fourth-order valence-corrected chi connectivity index (χ4v) is 6.29. The molecule has 0 bridgehead atoms. The maximum atomic E-state index is 13.4. The van der Waals surface area contributed by atoms with Gasteiger partial charge in [0.05, 0.1) is 16.3 Å². The zero-order valence-electron chi connectivity index (χ0n) is 18.9. The summed E-state index contributed by atoms with van der Waals surface area (Å²) in [5, 5.41) is 2.86. The van der Waals surface area contributed by atoms with Crippen molar-refractivity contribution in [2.24, 2.45) is 0 Å². The number of amides is 2. The molecule has 4 rings (SSSR count). The van der Waals surface area contributed by atoms with Crippen LogP contribution in [0, 0.1) is 0 Å². The molecule has 9 nitrogen and oxygen atoms in total. The average Bonchev–Trinajstić information content (AvgIpc) is 3.32. The standard InChI is InChI=1S/C22H33N5O4S/c1-24(2)14-10-23-21(28)16-27-20-15-17(32(30,31)25-11-5-6-12-25)8-9-18(20)26-13-4-3-7-19(26)22(27)29/h8-9,15,19H,3-7,10-14,16H2,1-2H3,(H,23,28)/t19-/m1/s1. The fourth-order valence-electron chi connectivity index (χ4n) is 4.76. The van der Waals surface area contributed by atoms with Crippen molar-refractivity contribution in [1.29, 1.82) is 0 Å². The van der Waals surface area contributed by atoms with Gasteiger partial charge in [-0.05, 0) is 64.4 Å². The third-order valence-electron chi connectivity index (χ3n) is 6.49. The summed E-state index contributed by atoms with van der Waals surface area (Å²) >= 11 is 0. The van der Waals surface area contributed by atoms with E-state index >= 15 is 0 Å². The number of benzene rings is 1. The molecular weight excluding hydrogens is 430 g/mol. The molecule has 32 heavy (non-hydrogen) atoms. The maximum Gasteiger partial charge on any atom is 0.250 e. The minimum Gasteiger partial charge on any atom is -0.358 e. The summed E-state index contributed by atoms with van der Waals surface area (Å²) in [5.41, 5.74) is 1.34. The van der Waals surface area contributed by atoms with Gasteiger partial charge < -0.3 is 15.1 Å². The highest BCUT2D eigenvalue weighted by Gasteiger charge is 2.41. The molecule has 2 saturated heterocycles. The van der Waals surface area contributed by atoms with Crippen LogP contribution in [0.4, 0.5) is 11.4 Å². The van der Waals surface area contributed by atoms with Crippen molar-refractivity contribution in [3.8, 4) is 0 Å². The second kappa shape index (κ2) is 9.36. The highest BCUT2D eigenvalue weighted by Crippen LogP contribution is 2.41. The molecule has 1 atom stereocenters. The van der Waals surface area contributed by atoms with Crippen molar-refractivity contribution in [3.63, 3.8) is 0 Å². The summed E-state index contributed by atoms with van der Waals surface area (Å²) in [6, 6.07) is 4.73. The number of rotatable bonds is 7. The van der Waals surface area contributed by atoms with Gasteiger partial charge in [-0.1, -0.05) is 0 Å². The molecule has 0 unspecified atom stereocenters. The van der Waals surface area contributed by atoms with Crippen molar-refractivity contribution in [3.05, 3.63) is 18.2 Å². The Morgan fingerprint density at radius 3 is 2.53 bits per heavy atom. The van der Waals surface area contributed by atoms with Gasteiger partial charge in [0.25, 0.3) is 0 Å². The lowest BCUT2D eigenvalue weighted by atomic mass is 9.96. The molecule has 10 heteroatoms. The largest absolute Gasteiger partial charge is 0.358 e. The van der Waals surface area contributed by atoms with Crippen LogP contribution in [0.3, 0.4) is 0 Å². The molecule has 3 aliphatic rings. The minimum atomic E-state index is -3.62. The predicted molar refractivity (Wildman–Crippen MR) is 123 cm³/mol. The molecule has 2 fully saturated rings. The van der Waals surface area contributed by atoms with E-state index in [9.17, 15) is 18.0 Å². The monoisotopic (exact) mass is 463 g/mol. The van der Waals surface area contributed by atoms with Crippen LogP contribution in [-0.2, 0) is 19.6 Å². The van der Waals surface area contributed by atoms with Crippen molar-refractivity contribution < 1.29 is 18.0 Å². The first-order valence-electron chi connectivity index (χ1n) is 11.4. The van der Waals surface area contributed by atoms with E-state index in [1.807, 2.05) is 19.0 Å². The summed E-state index contributed by atoms with van der Waals surface area (Å²) in [6.07, 6.45) is 4.41. The minimum absolute atomic E-state index is 0.114. The quantitative estimate of drug-likeness (QED) is 0.645. The van der Waals surface area contributed by atoms with E-state index in [1.165, 1.54) is 9.21 Å². The van der Waals surface area contributed by atoms with Crippen LogP contribution in [-0.4, -0.2) is 88.8 Å². The van der Waals surface area contributed by atoms with Crippen molar-refractivity contribution >= 4 is 33.2 Å². The molecule has 1 aromatic rings. The number of fused-ring (bicyclic) bond motifs is 3. The first kappa shape index (κ1) is 23.0. The fraction of sp³-hybridized carbons (Fsp3) is 0.636. The van der Waals surface area contributed by atoms with E-state index in [4.69, 9.17) is 0 Å². The summed E-state index contributed by atoms with van der Waals surface area (Å²) in [7, 11) is 0.231. The Bertz CT molecular complexity index is 975. The normalized spacial score (nSPS) is 21.6. The van der Waals surface area contributed by atoms with Crippen molar-refractivity contribution in [2.45, 2.75) is 43.0 Å². The van der Waals surface area contributed by atoms with Gasteiger partial charge in [0, 0.05) is 32.7 Å². The molecule has 176 valence electrons. The summed E-state index contributed by atoms with van der Waals surface area (Å²) in [6.45, 7) is 2.86. The number of hydrogen-bond acceptors (Lipinski definition) is 6. The van der Waals surface area contributed by atoms with Gasteiger partial charge in [-0.3, -0.25) is 14.5 Å². The molecule has 0 aromatic heterocycles. The highest BCUT2D eigenvalue weighted by molar-refractivity contribution is 7.89. The molecule has 1 N–H and O–H groups in total. The maximum absolute atomic E-state index is 13.4. The smallest absolute Gasteiger partial charge is 0.250 e. The van der Waals surface area contributed by atoms with E-state index in [2.05, 4.69) is 10.2 Å². The Morgan fingerprint density at radius 1 is 1.09 bits per heavy atom. The van der Waals surface area contributed by atoms with Crippen LogP contribution in [0.2, 0.25) is 0 Å². The van der Waals surface area contributed by atoms with Gasteiger partial charge in [-0.15, -0.1) is 0 Å². The molecule has 0 radical (unpaired) electrons. The van der Waals surface area contributed by atoms with Gasteiger partial charge in [-0.2, -0.15) is 4.31 Å². The lowest BCUT2D eigenvalue weighted by molar-refractivity contribution is -0.125. The van der Waals surface area contributed by atoms with E-state index in [1.54, 1.807) is 18.2 Å². The number of anilines is 2. The average molecular weight is 464 g/mol. The van der Waals surface area contributed by atoms with Crippen LogP contribution >= 0.6 is 0 Å². The zero-order valence-corrected chi connectivity index (χ0v) is 19.7. The second-order valence-electron chi connectivity index (χ2n) is 9.04. The Balaban J connectivity index is 1.66. The molecule has 3 heterocycles. The van der Waals surface area contributed by atoms with Crippen LogP contribution < -0.4 is 15.1 Å². The van der Waals surface area contributed by atoms with Crippen LogP contribution in [0.1, 0.15) is 32.1 Å². The number of nitrogens with zero attached hydrogens (tertiary/aromatic N) is 4. The summed E-state index contributed by atoms with van der Waals surface area (Å²) in [5.74, 6) is -0.376. The number of hydrogen-bond donors (Lipinski definition) is 1. The Labute approximate surface area is 190 Å². The third kappa shape index (κ3) is 4.49. The Morgan fingerprint density at radius 2 is 1.81 bits per heavy atom. The van der Waals surface area contributed by atoms with Gasteiger partial charge in [0.2, 0.25) is 21.8 Å². The molecule has 3 aliphatic heterocycles. The van der Waals surface area contributed by atoms with E-state index in [-0.39, 0.29) is 29.3 Å². The van der Waals surface area contributed by atoms with Crippen molar-refractivity contribution in [1.82, 2.24) is 14.5 Å². The van der Waals surface area contributed by atoms with Crippen LogP contribution in [0.15, 0.2) is 23.1 Å². The van der Waals surface area contributed by atoms with Gasteiger partial charge in [-0.25, -0.2) is 8.42 Å². The molecule has 0 spiro atoms. The van der Waals surface area contributed by atoms with Gasteiger partial charge in [0.15, 0.2) is 0 Å². The van der Waals surface area contributed by atoms with Gasteiger partial charge in [0.1, 0.15) is 12.6 Å². The number of piperidine rings is 1. The molecular formula is C22H33N5O4S. The topological polar surface area (TPSA) is 93.3 Å². The van der Waals surface area contributed by atoms with E-state index in [0.717, 1.165) is 44.3 Å². The number of carbonyl (C=O) groups is 2. The molecule has 0 aliphatic carbocycles. The van der Waals surface area contributed by atoms with Gasteiger partial charge >= 0.3 is 0 Å². The number of sulfonamides is 1. The Hall–Kier alpha value is -2.17. The predicted octanol–water partition coefficient (Wildman–Crippen LogP) is 0.854. The lowest BCUT2D eigenvalue weighted by Crippen LogP contribution is -2.57. The van der Waals surface area contributed by atoms with Crippen LogP contribution in [0.25, 0.3) is 0 Å². The highest BCUT2D eigenvalue weighted by atomic mass is 32.2. The Kier molecular flexibility index (Phi) is 6.73. The zero-order chi connectivity index (χ0) is 22.9. The molecule has 2 amide bonds. The van der Waals surface area contributed by atoms with Crippen LogP contribution in [0.5, 0.6) is 0 Å². The number of nitrogens with one attached hydrogen (secondary N) is 1. The van der Waals surface area contributed by atoms with E-state index < -0.39 is 10.0 Å². The number of carbonyl (C=O) groups excluding carboxylic acids is 2. The third-order valence-corrected chi connectivity index (χ3v) is 8.38. The molecule has 0 saturated carbocycles. The van der Waals surface area contributed by atoms with E-state index in [0.29, 0.717) is 31.9 Å². The first-order valence-corrected chi connectivity index (χ1v) is 12.9.